The van der Waals surface area contributed by atoms with Gasteiger partial charge in [0.25, 0.3) is 0 Å². The van der Waals surface area contributed by atoms with Crippen LogP contribution in [0, 0.1) is 6.92 Å². The molecule has 0 fully saturated rings. The van der Waals surface area contributed by atoms with E-state index in [-0.39, 0.29) is 6.04 Å². The average molecular weight is 371 g/mol. The lowest BCUT2D eigenvalue weighted by atomic mass is 9.93. The van der Waals surface area contributed by atoms with Crippen LogP contribution in [-0.4, -0.2) is 18.6 Å². The molecule has 118 valence electrons. The number of ether oxygens (including phenoxy) is 1. The van der Waals surface area contributed by atoms with Gasteiger partial charge in [0.1, 0.15) is 5.75 Å². The Morgan fingerprint density at radius 2 is 2.04 bits per heavy atom. The first kappa shape index (κ1) is 14.8. The monoisotopic (exact) mass is 370 g/mol. The lowest BCUT2D eigenvalue weighted by molar-refractivity contribution is 0.413. The second kappa shape index (κ2) is 5.69. The Bertz CT molecular complexity index is 884. The minimum absolute atomic E-state index is 0.179. The third-order valence-electron chi connectivity index (χ3n) is 4.56. The van der Waals surface area contributed by atoms with Crippen LogP contribution in [0.1, 0.15) is 28.4 Å². The largest absolute Gasteiger partial charge is 0.497 e. The van der Waals surface area contributed by atoms with Crippen LogP contribution >= 0.6 is 15.9 Å². The second-order valence-electron chi connectivity index (χ2n) is 6.13. The topological polar surface area (TPSA) is 37.0 Å². The highest BCUT2D eigenvalue weighted by molar-refractivity contribution is 9.10. The SMILES string of the molecule is COc1cc(C)cc(C2NCCc3c2[nH]c2ccc(Br)cc32)c1. The van der Waals surface area contributed by atoms with E-state index >= 15 is 0 Å². The summed E-state index contributed by atoms with van der Waals surface area (Å²) in [6, 6.07) is 13.0. The van der Waals surface area contributed by atoms with Crippen LogP contribution in [0.2, 0.25) is 0 Å². The van der Waals surface area contributed by atoms with Crippen molar-refractivity contribution in [1.29, 1.82) is 0 Å². The number of methoxy groups -OCH3 is 1. The van der Waals surface area contributed by atoms with Gasteiger partial charge < -0.3 is 15.0 Å². The molecule has 2 N–H and O–H groups in total. The fourth-order valence-electron chi connectivity index (χ4n) is 3.55. The van der Waals surface area contributed by atoms with E-state index in [1.807, 2.05) is 0 Å². The first-order valence-electron chi connectivity index (χ1n) is 7.84. The third-order valence-corrected chi connectivity index (χ3v) is 5.05. The molecule has 2 heterocycles. The van der Waals surface area contributed by atoms with Crippen molar-refractivity contribution in [1.82, 2.24) is 10.3 Å². The molecule has 4 rings (SSSR count). The summed E-state index contributed by atoms with van der Waals surface area (Å²) in [5, 5.41) is 4.97. The highest BCUT2D eigenvalue weighted by atomic mass is 79.9. The highest BCUT2D eigenvalue weighted by Crippen LogP contribution is 2.35. The zero-order valence-electron chi connectivity index (χ0n) is 13.2. The van der Waals surface area contributed by atoms with Crippen LogP contribution in [0.25, 0.3) is 10.9 Å². The molecule has 0 aliphatic carbocycles. The van der Waals surface area contributed by atoms with E-state index in [0.29, 0.717) is 0 Å². The molecule has 0 bridgehead atoms. The molecule has 1 aliphatic rings. The van der Waals surface area contributed by atoms with Gasteiger partial charge in [0.05, 0.1) is 13.2 Å². The van der Waals surface area contributed by atoms with Crippen molar-refractivity contribution in [3.8, 4) is 5.75 Å². The molecule has 2 aromatic carbocycles. The van der Waals surface area contributed by atoms with Crippen molar-refractivity contribution in [2.75, 3.05) is 13.7 Å². The standard InChI is InChI=1S/C19H19BrN2O/c1-11-7-12(9-14(8-11)23-2)18-19-15(5-6-21-18)16-10-13(20)3-4-17(16)22-19/h3-4,7-10,18,21-22H,5-6H2,1-2H3. The summed E-state index contributed by atoms with van der Waals surface area (Å²) in [6.45, 7) is 3.09. The normalized spacial score (nSPS) is 17.3. The predicted octanol–water partition coefficient (Wildman–Crippen LogP) is 4.48. The fourth-order valence-corrected chi connectivity index (χ4v) is 3.91. The van der Waals surface area contributed by atoms with Crippen LogP contribution in [0.5, 0.6) is 5.75 Å². The summed E-state index contributed by atoms with van der Waals surface area (Å²) in [6.07, 6.45) is 1.05. The Morgan fingerprint density at radius 1 is 1.17 bits per heavy atom. The number of hydrogen-bond donors (Lipinski definition) is 2. The number of H-pyrrole nitrogens is 1. The van der Waals surface area contributed by atoms with E-state index in [4.69, 9.17) is 4.74 Å². The summed E-state index contributed by atoms with van der Waals surface area (Å²) in [4.78, 5) is 3.62. The fraction of sp³-hybridized carbons (Fsp3) is 0.263. The average Bonchev–Trinajstić information content (AvgIpc) is 2.92. The van der Waals surface area contributed by atoms with Gasteiger partial charge in [-0.15, -0.1) is 0 Å². The number of nitrogens with one attached hydrogen (secondary N) is 2. The van der Waals surface area contributed by atoms with Gasteiger partial charge in [0.2, 0.25) is 0 Å². The van der Waals surface area contributed by atoms with Crippen molar-refractivity contribution >= 4 is 26.8 Å². The first-order chi connectivity index (χ1) is 11.2. The van der Waals surface area contributed by atoms with E-state index in [9.17, 15) is 0 Å². The minimum Gasteiger partial charge on any atom is -0.497 e. The Labute approximate surface area is 144 Å². The summed E-state index contributed by atoms with van der Waals surface area (Å²) >= 11 is 3.59. The third kappa shape index (κ3) is 2.56. The lowest BCUT2D eigenvalue weighted by Gasteiger charge is -2.25. The smallest absolute Gasteiger partial charge is 0.119 e. The number of benzene rings is 2. The van der Waals surface area contributed by atoms with Crippen LogP contribution in [-0.2, 0) is 6.42 Å². The maximum Gasteiger partial charge on any atom is 0.119 e. The van der Waals surface area contributed by atoms with Crippen LogP contribution in [0.3, 0.4) is 0 Å². The predicted molar refractivity (Wildman–Crippen MR) is 97.3 cm³/mol. The molecule has 1 unspecified atom stereocenters. The number of aryl methyl sites for hydroxylation is 1. The maximum absolute atomic E-state index is 5.44. The number of rotatable bonds is 2. The van der Waals surface area contributed by atoms with E-state index in [1.54, 1.807) is 7.11 Å². The van der Waals surface area contributed by atoms with Crippen molar-refractivity contribution in [3.05, 3.63) is 63.3 Å². The number of hydrogen-bond acceptors (Lipinski definition) is 2. The van der Waals surface area contributed by atoms with Gasteiger partial charge >= 0.3 is 0 Å². The molecule has 1 aromatic heterocycles. The molecule has 1 aliphatic heterocycles. The minimum atomic E-state index is 0.179. The van der Waals surface area contributed by atoms with Crippen molar-refractivity contribution < 1.29 is 4.74 Å². The Hall–Kier alpha value is -1.78. The molecule has 3 aromatic rings. The first-order valence-corrected chi connectivity index (χ1v) is 8.64. The zero-order valence-corrected chi connectivity index (χ0v) is 14.8. The Balaban J connectivity index is 1.87. The molecule has 0 radical (unpaired) electrons. The van der Waals surface area contributed by atoms with E-state index < -0.39 is 0 Å². The van der Waals surface area contributed by atoms with Gasteiger partial charge in [0, 0.05) is 27.6 Å². The number of halogens is 1. The summed E-state index contributed by atoms with van der Waals surface area (Å²) in [5.74, 6) is 0.910. The van der Waals surface area contributed by atoms with Gasteiger partial charge in [-0.1, -0.05) is 22.0 Å². The molecule has 0 saturated heterocycles. The Morgan fingerprint density at radius 3 is 2.87 bits per heavy atom. The second-order valence-corrected chi connectivity index (χ2v) is 7.04. The molecule has 3 nitrogen and oxygen atoms in total. The summed E-state index contributed by atoms with van der Waals surface area (Å²) in [5.41, 5.74) is 6.36. The number of aromatic nitrogens is 1. The Kier molecular flexibility index (Phi) is 3.66. The van der Waals surface area contributed by atoms with Gasteiger partial charge in [-0.2, -0.15) is 0 Å². The van der Waals surface area contributed by atoms with Gasteiger partial charge in [-0.05, 0) is 60.4 Å². The van der Waals surface area contributed by atoms with E-state index in [2.05, 4.69) is 69.6 Å². The van der Waals surface area contributed by atoms with E-state index in [1.165, 1.54) is 33.3 Å². The van der Waals surface area contributed by atoms with Gasteiger partial charge in [-0.25, -0.2) is 0 Å². The highest BCUT2D eigenvalue weighted by Gasteiger charge is 2.25. The molecular weight excluding hydrogens is 352 g/mol. The molecule has 4 heteroatoms. The van der Waals surface area contributed by atoms with Crippen molar-refractivity contribution in [2.45, 2.75) is 19.4 Å². The van der Waals surface area contributed by atoms with Crippen molar-refractivity contribution in [2.24, 2.45) is 0 Å². The number of aromatic amines is 1. The molecular formula is C19H19BrN2O. The maximum atomic E-state index is 5.44. The summed E-state index contributed by atoms with van der Waals surface area (Å²) in [7, 11) is 1.72. The molecule has 0 spiro atoms. The van der Waals surface area contributed by atoms with Gasteiger partial charge in [0.15, 0.2) is 0 Å². The van der Waals surface area contributed by atoms with Crippen molar-refractivity contribution in [3.63, 3.8) is 0 Å². The van der Waals surface area contributed by atoms with Gasteiger partial charge in [-0.3, -0.25) is 0 Å². The molecule has 0 amide bonds. The molecule has 0 saturated carbocycles. The van der Waals surface area contributed by atoms with Crippen LogP contribution < -0.4 is 10.1 Å². The lowest BCUT2D eigenvalue weighted by Crippen LogP contribution is -2.30. The number of fused-ring (bicyclic) bond motifs is 3. The molecule has 1 atom stereocenters. The molecule has 23 heavy (non-hydrogen) atoms. The van der Waals surface area contributed by atoms with E-state index in [0.717, 1.165) is 23.2 Å². The quantitative estimate of drug-likeness (QED) is 0.697. The summed E-state index contributed by atoms with van der Waals surface area (Å²) < 4.78 is 6.57. The van der Waals surface area contributed by atoms with Crippen LogP contribution in [0.4, 0.5) is 0 Å². The van der Waals surface area contributed by atoms with Crippen LogP contribution in [0.15, 0.2) is 40.9 Å². The zero-order chi connectivity index (χ0) is 16.0.